The fourth-order valence-corrected chi connectivity index (χ4v) is 2.22. The maximum absolute atomic E-state index is 10.8. The molecule has 6 nitrogen and oxygen atoms in total. The minimum Gasteiger partial charge on any atom is -0.508 e. The summed E-state index contributed by atoms with van der Waals surface area (Å²) in [5.74, 6) is -0.124. The average Bonchev–Trinajstić information content (AvgIpc) is 2.73. The standard InChI is InChI=1S/C11H11N3O3S/c1-7-12-5-9(18-7)6-13-10-3-2-8(15)4-11(10)14(16)17/h2-5,13,15H,6H2,1H3. The normalized spacial score (nSPS) is 10.3. The van der Waals surface area contributed by atoms with E-state index in [9.17, 15) is 15.2 Å². The number of nitrogens with one attached hydrogen (secondary N) is 1. The Morgan fingerprint density at radius 1 is 1.56 bits per heavy atom. The van der Waals surface area contributed by atoms with Gasteiger partial charge in [-0.25, -0.2) is 4.98 Å². The molecule has 0 aliphatic rings. The van der Waals surface area contributed by atoms with Gasteiger partial charge in [0.2, 0.25) is 0 Å². The van der Waals surface area contributed by atoms with E-state index >= 15 is 0 Å². The average molecular weight is 265 g/mol. The number of hydrogen-bond acceptors (Lipinski definition) is 6. The predicted molar refractivity (Wildman–Crippen MR) is 68.9 cm³/mol. The van der Waals surface area contributed by atoms with E-state index in [4.69, 9.17) is 0 Å². The van der Waals surface area contributed by atoms with E-state index in [1.807, 2.05) is 6.92 Å². The van der Waals surface area contributed by atoms with Gasteiger partial charge in [-0.15, -0.1) is 11.3 Å². The van der Waals surface area contributed by atoms with Gasteiger partial charge < -0.3 is 10.4 Å². The summed E-state index contributed by atoms with van der Waals surface area (Å²) in [6.45, 7) is 2.37. The molecular formula is C11H11N3O3S. The maximum atomic E-state index is 10.8. The number of rotatable bonds is 4. The van der Waals surface area contributed by atoms with Gasteiger partial charge in [-0.05, 0) is 19.1 Å². The summed E-state index contributed by atoms with van der Waals surface area (Å²) in [6, 6.07) is 4.02. The van der Waals surface area contributed by atoms with E-state index in [2.05, 4.69) is 10.3 Å². The van der Waals surface area contributed by atoms with Crippen LogP contribution in [0.1, 0.15) is 9.88 Å². The van der Waals surface area contributed by atoms with Crippen molar-refractivity contribution in [1.82, 2.24) is 4.98 Å². The number of aryl methyl sites for hydroxylation is 1. The van der Waals surface area contributed by atoms with Crippen molar-refractivity contribution >= 4 is 22.7 Å². The molecule has 2 aromatic rings. The molecule has 1 aromatic heterocycles. The Morgan fingerprint density at radius 2 is 2.33 bits per heavy atom. The first-order valence-electron chi connectivity index (χ1n) is 5.19. The number of nitro groups is 1. The van der Waals surface area contributed by atoms with Crippen molar-refractivity contribution in [3.8, 4) is 5.75 Å². The molecule has 2 N–H and O–H groups in total. The number of thiazole rings is 1. The molecule has 1 heterocycles. The Bertz CT molecular complexity index is 583. The third-order valence-corrected chi connectivity index (χ3v) is 3.21. The number of nitro benzene ring substituents is 1. The lowest BCUT2D eigenvalue weighted by molar-refractivity contribution is -0.384. The maximum Gasteiger partial charge on any atom is 0.296 e. The molecule has 0 unspecified atom stereocenters. The number of nitrogens with zero attached hydrogens (tertiary/aromatic N) is 2. The summed E-state index contributed by atoms with van der Waals surface area (Å²) in [7, 11) is 0. The Labute approximate surface area is 107 Å². The molecule has 0 bridgehead atoms. The fourth-order valence-electron chi connectivity index (χ4n) is 1.49. The molecule has 7 heteroatoms. The lowest BCUT2D eigenvalue weighted by Crippen LogP contribution is -2.01. The van der Waals surface area contributed by atoms with E-state index in [-0.39, 0.29) is 11.4 Å². The lowest BCUT2D eigenvalue weighted by atomic mass is 10.2. The van der Waals surface area contributed by atoms with Crippen molar-refractivity contribution in [3.63, 3.8) is 0 Å². The molecule has 0 amide bonds. The second kappa shape index (κ2) is 5.01. The molecule has 18 heavy (non-hydrogen) atoms. The van der Waals surface area contributed by atoms with E-state index < -0.39 is 4.92 Å². The zero-order valence-corrected chi connectivity index (χ0v) is 10.4. The van der Waals surface area contributed by atoms with Crippen molar-refractivity contribution in [2.24, 2.45) is 0 Å². The van der Waals surface area contributed by atoms with Crippen LogP contribution in [0, 0.1) is 17.0 Å². The topological polar surface area (TPSA) is 88.3 Å². The number of phenols is 1. The van der Waals surface area contributed by atoms with E-state index in [0.717, 1.165) is 16.0 Å². The summed E-state index contributed by atoms with van der Waals surface area (Å²) in [5.41, 5.74) is 0.236. The minimum atomic E-state index is -0.528. The second-order valence-corrected chi connectivity index (χ2v) is 4.98. The smallest absolute Gasteiger partial charge is 0.296 e. The van der Waals surface area contributed by atoms with Crippen LogP contribution in [-0.2, 0) is 6.54 Å². The van der Waals surface area contributed by atoms with Gasteiger partial charge >= 0.3 is 0 Å². The molecule has 0 atom stereocenters. The van der Waals surface area contributed by atoms with Gasteiger partial charge in [-0.3, -0.25) is 10.1 Å². The first-order chi connectivity index (χ1) is 8.56. The molecule has 1 aromatic carbocycles. The van der Waals surface area contributed by atoms with Crippen molar-refractivity contribution < 1.29 is 10.0 Å². The van der Waals surface area contributed by atoms with Crippen LogP contribution < -0.4 is 5.32 Å². The summed E-state index contributed by atoms with van der Waals surface area (Å²) in [5, 5.41) is 24.0. The van der Waals surface area contributed by atoms with Crippen LogP contribution in [0.25, 0.3) is 0 Å². The summed E-state index contributed by atoms with van der Waals surface area (Å²) < 4.78 is 0. The van der Waals surface area contributed by atoms with E-state index in [1.54, 1.807) is 6.20 Å². The van der Waals surface area contributed by atoms with Crippen molar-refractivity contribution in [3.05, 3.63) is 44.4 Å². The van der Waals surface area contributed by atoms with Gasteiger partial charge in [0.05, 0.1) is 22.5 Å². The molecular weight excluding hydrogens is 254 g/mol. The Hall–Kier alpha value is -2.15. The largest absolute Gasteiger partial charge is 0.508 e. The van der Waals surface area contributed by atoms with Gasteiger partial charge in [-0.1, -0.05) is 0 Å². The van der Waals surface area contributed by atoms with Crippen molar-refractivity contribution in [2.45, 2.75) is 13.5 Å². The van der Waals surface area contributed by atoms with E-state index in [1.165, 1.54) is 23.5 Å². The molecule has 0 saturated carbocycles. The molecule has 0 aliphatic heterocycles. The van der Waals surface area contributed by atoms with Crippen LogP contribution in [0.2, 0.25) is 0 Å². The molecule has 0 saturated heterocycles. The third-order valence-electron chi connectivity index (χ3n) is 2.30. The molecule has 0 radical (unpaired) electrons. The second-order valence-electron chi connectivity index (χ2n) is 3.66. The summed E-state index contributed by atoms with van der Waals surface area (Å²) in [4.78, 5) is 15.4. The fraction of sp³-hybridized carbons (Fsp3) is 0.182. The van der Waals surface area contributed by atoms with Crippen LogP contribution in [0.15, 0.2) is 24.4 Å². The van der Waals surface area contributed by atoms with Crippen LogP contribution in [0.3, 0.4) is 0 Å². The quantitative estimate of drug-likeness (QED) is 0.504. The summed E-state index contributed by atoms with van der Waals surface area (Å²) in [6.07, 6.45) is 1.74. The van der Waals surface area contributed by atoms with Crippen LogP contribution in [0.4, 0.5) is 11.4 Å². The van der Waals surface area contributed by atoms with Crippen LogP contribution in [-0.4, -0.2) is 15.0 Å². The van der Waals surface area contributed by atoms with Crippen molar-refractivity contribution in [2.75, 3.05) is 5.32 Å². The highest BCUT2D eigenvalue weighted by atomic mass is 32.1. The molecule has 0 aliphatic carbocycles. The molecule has 0 fully saturated rings. The Kier molecular flexibility index (Phi) is 3.42. The van der Waals surface area contributed by atoms with Gasteiger partial charge in [0.1, 0.15) is 11.4 Å². The van der Waals surface area contributed by atoms with Gasteiger partial charge in [-0.2, -0.15) is 0 Å². The zero-order valence-electron chi connectivity index (χ0n) is 9.58. The van der Waals surface area contributed by atoms with Gasteiger partial charge in [0, 0.05) is 11.1 Å². The van der Waals surface area contributed by atoms with Crippen LogP contribution >= 0.6 is 11.3 Å². The highest BCUT2D eigenvalue weighted by molar-refractivity contribution is 7.11. The number of phenolic OH excluding ortho intramolecular Hbond substituents is 1. The lowest BCUT2D eigenvalue weighted by Gasteiger charge is -2.05. The van der Waals surface area contributed by atoms with Crippen molar-refractivity contribution in [1.29, 1.82) is 0 Å². The highest BCUT2D eigenvalue weighted by Crippen LogP contribution is 2.29. The summed E-state index contributed by atoms with van der Waals surface area (Å²) >= 11 is 1.53. The van der Waals surface area contributed by atoms with Crippen LogP contribution in [0.5, 0.6) is 5.75 Å². The Morgan fingerprint density at radius 3 is 2.94 bits per heavy atom. The number of benzene rings is 1. The van der Waals surface area contributed by atoms with Gasteiger partial charge in [0.25, 0.3) is 5.69 Å². The zero-order chi connectivity index (χ0) is 13.1. The molecule has 94 valence electrons. The third kappa shape index (κ3) is 2.75. The first-order valence-corrected chi connectivity index (χ1v) is 6.00. The first kappa shape index (κ1) is 12.3. The number of anilines is 1. The molecule has 2 rings (SSSR count). The number of aromatic nitrogens is 1. The minimum absolute atomic E-state index is 0.124. The Balaban J connectivity index is 2.16. The van der Waals surface area contributed by atoms with Gasteiger partial charge in [0.15, 0.2) is 0 Å². The highest BCUT2D eigenvalue weighted by Gasteiger charge is 2.14. The number of hydrogen-bond donors (Lipinski definition) is 2. The monoisotopic (exact) mass is 265 g/mol. The SMILES string of the molecule is Cc1ncc(CNc2ccc(O)cc2[N+](=O)[O-])s1. The molecule has 0 spiro atoms. The predicted octanol–water partition coefficient (Wildman–Crippen LogP) is 2.68. The van der Waals surface area contributed by atoms with E-state index in [0.29, 0.717) is 12.2 Å². The number of aromatic hydroxyl groups is 1.